The highest BCUT2D eigenvalue weighted by atomic mass is 35.5. The molecule has 0 aromatic heterocycles. The van der Waals surface area contributed by atoms with Crippen molar-refractivity contribution in [3.8, 4) is 0 Å². The standard InChI is InChI=1S/C5H11Cl2N/c1-2-8-4-3-5(6)7/h5,8H,2-4H2,1H3. The number of hydrogen-bond donors (Lipinski definition) is 1. The molecule has 0 aromatic carbocycles. The Morgan fingerprint density at radius 2 is 2.12 bits per heavy atom. The molecule has 0 saturated heterocycles. The SMILES string of the molecule is CCNCCC(Cl)Cl. The number of nitrogens with one attached hydrogen (secondary N) is 1. The molecule has 8 heavy (non-hydrogen) atoms. The summed E-state index contributed by atoms with van der Waals surface area (Å²) in [5, 5.41) is 3.11. The molecule has 0 aliphatic heterocycles. The van der Waals surface area contributed by atoms with E-state index < -0.39 is 0 Å². The number of alkyl halides is 2. The maximum absolute atomic E-state index is 5.44. The lowest BCUT2D eigenvalue weighted by atomic mass is 10.5. The Morgan fingerprint density at radius 1 is 1.50 bits per heavy atom. The lowest BCUT2D eigenvalue weighted by Gasteiger charge is -1.99. The molecule has 3 heteroatoms. The Labute approximate surface area is 60.4 Å². The van der Waals surface area contributed by atoms with E-state index in [1.807, 2.05) is 0 Å². The van der Waals surface area contributed by atoms with Gasteiger partial charge in [-0.25, -0.2) is 0 Å². The lowest BCUT2D eigenvalue weighted by molar-refractivity contribution is 0.695. The van der Waals surface area contributed by atoms with E-state index in [1.54, 1.807) is 0 Å². The van der Waals surface area contributed by atoms with E-state index in [1.165, 1.54) is 0 Å². The molecular weight excluding hydrogens is 145 g/mol. The van der Waals surface area contributed by atoms with E-state index in [9.17, 15) is 0 Å². The van der Waals surface area contributed by atoms with E-state index in [0.29, 0.717) is 0 Å². The molecule has 1 nitrogen and oxygen atoms in total. The smallest absolute Gasteiger partial charge is 0.109 e. The Morgan fingerprint density at radius 3 is 2.50 bits per heavy atom. The van der Waals surface area contributed by atoms with E-state index in [2.05, 4.69) is 12.2 Å². The summed E-state index contributed by atoms with van der Waals surface area (Å²) in [6.07, 6.45) is 0.830. The second kappa shape index (κ2) is 5.67. The maximum atomic E-state index is 5.44. The van der Waals surface area contributed by atoms with Crippen LogP contribution in [-0.2, 0) is 0 Å². The Bertz CT molecular complexity index is 47.7. The van der Waals surface area contributed by atoms with Crippen molar-refractivity contribution in [2.75, 3.05) is 13.1 Å². The first-order chi connectivity index (χ1) is 3.77. The average Bonchev–Trinajstić information content (AvgIpc) is 1.66. The van der Waals surface area contributed by atoms with Crippen LogP contribution in [-0.4, -0.2) is 17.9 Å². The fourth-order valence-corrected chi connectivity index (χ4v) is 0.606. The Balaban J connectivity index is 2.72. The first kappa shape index (κ1) is 8.54. The fraction of sp³-hybridized carbons (Fsp3) is 1.00. The average molecular weight is 156 g/mol. The van der Waals surface area contributed by atoms with Crippen molar-refractivity contribution < 1.29 is 0 Å². The normalized spacial score (nSPS) is 10.5. The van der Waals surface area contributed by atoms with Crippen molar-refractivity contribution >= 4 is 23.2 Å². The van der Waals surface area contributed by atoms with Crippen molar-refractivity contribution in [2.24, 2.45) is 0 Å². The molecule has 0 rings (SSSR count). The fourth-order valence-electron chi connectivity index (χ4n) is 0.388. The molecule has 0 aromatic rings. The van der Waals surface area contributed by atoms with Gasteiger partial charge in [0.2, 0.25) is 0 Å². The van der Waals surface area contributed by atoms with Crippen molar-refractivity contribution in [3.05, 3.63) is 0 Å². The molecule has 0 fully saturated rings. The number of rotatable bonds is 4. The number of halogens is 2. The second-order valence-corrected chi connectivity index (χ2v) is 2.81. The molecular formula is C5H11Cl2N. The van der Waals surface area contributed by atoms with Gasteiger partial charge < -0.3 is 5.32 Å². The molecule has 0 aliphatic rings. The molecule has 0 amide bonds. The largest absolute Gasteiger partial charge is 0.317 e. The minimum absolute atomic E-state index is 0.214. The van der Waals surface area contributed by atoms with E-state index in [-0.39, 0.29) is 4.84 Å². The van der Waals surface area contributed by atoms with E-state index >= 15 is 0 Å². The summed E-state index contributed by atoms with van der Waals surface area (Å²) in [4.78, 5) is -0.214. The van der Waals surface area contributed by atoms with Crippen molar-refractivity contribution in [1.82, 2.24) is 5.32 Å². The van der Waals surface area contributed by atoms with Crippen LogP contribution in [0, 0.1) is 0 Å². The highest BCUT2D eigenvalue weighted by Gasteiger charge is 1.94. The van der Waals surface area contributed by atoms with Gasteiger partial charge in [0.25, 0.3) is 0 Å². The molecule has 0 saturated carbocycles. The zero-order valence-electron chi connectivity index (χ0n) is 4.95. The third-order valence-corrected chi connectivity index (χ3v) is 1.23. The molecule has 0 radical (unpaired) electrons. The molecule has 0 spiro atoms. The third kappa shape index (κ3) is 6.54. The summed E-state index contributed by atoms with van der Waals surface area (Å²) in [6, 6.07) is 0. The van der Waals surface area contributed by atoms with Crippen LogP contribution in [0.25, 0.3) is 0 Å². The lowest BCUT2D eigenvalue weighted by Crippen LogP contribution is -2.15. The van der Waals surface area contributed by atoms with Crippen LogP contribution in [0.1, 0.15) is 13.3 Å². The molecule has 0 atom stereocenters. The molecule has 50 valence electrons. The zero-order valence-corrected chi connectivity index (χ0v) is 6.47. The first-order valence-corrected chi connectivity index (χ1v) is 3.63. The third-order valence-electron chi connectivity index (χ3n) is 0.789. The van der Waals surface area contributed by atoms with Crippen molar-refractivity contribution in [3.63, 3.8) is 0 Å². The summed E-state index contributed by atoms with van der Waals surface area (Å²) in [5.74, 6) is 0. The predicted octanol–water partition coefficient (Wildman–Crippen LogP) is 1.79. The summed E-state index contributed by atoms with van der Waals surface area (Å²) in [6.45, 7) is 3.95. The van der Waals surface area contributed by atoms with Gasteiger partial charge in [0, 0.05) is 0 Å². The highest BCUT2D eigenvalue weighted by Crippen LogP contribution is 2.04. The van der Waals surface area contributed by atoms with Gasteiger partial charge in [0.05, 0.1) is 0 Å². The Hall–Kier alpha value is 0.540. The van der Waals surface area contributed by atoms with Gasteiger partial charge in [-0.1, -0.05) is 6.92 Å². The van der Waals surface area contributed by atoms with Crippen LogP contribution >= 0.6 is 23.2 Å². The van der Waals surface area contributed by atoms with E-state index in [4.69, 9.17) is 23.2 Å². The van der Waals surface area contributed by atoms with Gasteiger partial charge in [-0.05, 0) is 19.5 Å². The van der Waals surface area contributed by atoms with E-state index in [0.717, 1.165) is 19.5 Å². The molecule has 0 heterocycles. The molecule has 1 N–H and O–H groups in total. The zero-order chi connectivity index (χ0) is 6.41. The second-order valence-electron chi connectivity index (χ2n) is 1.53. The number of hydrogen-bond acceptors (Lipinski definition) is 1. The highest BCUT2D eigenvalue weighted by molar-refractivity contribution is 6.44. The van der Waals surface area contributed by atoms with Gasteiger partial charge in [-0.2, -0.15) is 0 Å². The van der Waals surface area contributed by atoms with Gasteiger partial charge in [-0.15, -0.1) is 23.2 Å². The topological polar surface area (TPSA) is 12.0 Å². The van der Waals surface area contributed by atoms with Crippen LogP contribution in [0.15, 0.2) is 0 Å². The minimum atomic E-state index is -0.214. The summed E-state index contributed by atoms with van der Waals surface area (Å²) in [7, 11) is 0. The quantitative estimate of drug-likeness (QED) is 0.483. The van der Waals surface area contributed by atoms with Crippen molar-refractivity contribution in [2.45, 2.75) is 18.2 Å². The van der Waals surface area contributed by atoms with Crippen LogP contribution in [0.4, 0.5) is 0 Å². The van der Waals surface area contributed by atoms with Crippen LogP contribution in [0.3, 0.4) is 0 Å². The molecule has 0 aliphatic carbocycles. The predicted molar refractivity (Wildman–Crippen MR) is 38.7 cm³/mol. The van der Waals surface area contributed by atoms with Gasteiger partial charge in [0.15, 0.2) is 0 Å². The minimum Gasteiger partial charge on any atom is -0.317 e. The van der Waals surface area contributed by atoms with Crippen LogP contribution in [0.5, 0.6) is 0 Å². The van der Waals surface area contributed by atoms with Crippen molar-refractivity contribution in [1.29, 1.82) is 0 Å². The Kier molecular flexibility index (Phi) is 6.06. The summed E-state index contributed by atoms with van der Waals surface area (Å²) >= 11 is 10.9. The van der Waals surface area contributed by atoms with Crippen LogP contribution < -0.4 is 5.32 Å². The molecule has 0 unspecified atom stereocenters. The summed E-state index contributed by atoms with van der Waals surface area (Å²) < 4.78 is 0. The summed E-state index contributed by atoms with van der Waals surface area (Å²) in [5.41, 5.74) is 0. The van der Waals surface area contributed by atoms with Gasteiger partial charge >= 0.3 is 0 Å². The van der Waals surface area contributed by atoms with Crippen LogP contribution in [0.2, 0.25) is 0 Å². The molecule has 0 bridgehead atoms. The maximum Gasteiger partial charge on any atom is 0.109 e. The van der Waals surface area contributed by atoms with Gasteiger partial charge in [-0.3, -0.25) is 0 Å². The van der Waals surface area contributed by atoms with Gasteiger partial charge in [0.1, 0.15) is 4.84 Å². The first-order valence-electron chi connectivity index (χ1n) is 2.76. The monoisotopic (exact) mass is 155 g/mol.